The molecule has 0 bridgehead atoms. The second-order valence-corrected chi connectivity index (χ2v) is 11.1. The lowest BCUT2D eigenvalue weighted by Gasteiger charge is -2.23. The molecule has 0 aromatic heterocycles. The van der Waals surface area contributed by atoms with Gasteiger partial charge in [0, 0.05) is 30.2 Å². The number of aliphatic carboxylic acids is 2. The van der Waals surface area contributed by atoms with E-state index in [0.29, 0.717) is 19.3 Å². The number of rotatable bonds is 12. The lowest BCUT2D eigenvalue weighted by molar-refractivity contribution is -0.151. The van der Waals surface area contributed by atoms with Gasteiger partial charge in [0.05, 0.1) is 10.8 Å². The van der Waals surface area contributed by atoms with Crippen LogP contribution in [0.2, 0.25) is 0 Å². The number of carboxylic acid groups (broad SMARTS) is 2. The van der Waals surface area contributed by atoms with Crippen LogP contribution in [0.1, 0.15) is 77.5 Å². The van der Waals surface area contributed by atoms with Gasteiger partial charge in [-0.15, -0.1) is 0 Å². The van der Waals surface area contributed by atoms with Gasteiger partial charge >= 0.3 is 11.9 Å². The molecule has 0 fully saturated rings. The molecule has 6 nitrogen and oxygen atoms in total. The Kier molecular flexibility index (Phi) is 14.3. The SMILES string of the molecule is C.CCCC(C)(CC(=O)Cc1ccc(Br)cc1)C(=O)O.Cc1ccc(CC(=O)CC(C)(C)C(=O)O)cc1. The average molecular weight is 578 g/mol. The number of halogens is 1. The van der Waals surface area contributed by atoms with E-state index < -0.39 is 22.8 Å². The number of Topliss-reactive ketones (excluding diaryl/α,β-unsaturated/α-hetero) is 2. The number of carboxylic acids is 2. The maximum Gasteiger partial charge on any atom is 0.309 e. The summed E-state index contributed by atoms with van der Waals surface area (Å²) in [5.41, 5.74) is 1.06. The third kappa shape index (κ3) is 12.3. The van der Waals surface area contributed by atoms with Crippen LogP contribution in [0.15, 0.2) is 53.0 Å². The van der Waals surface area contributed by atoms with Crippen LogP contribution in [-0.2, 0) is 32.0 Å². The first-order valence-electron chi connectivity index (χ1n) is 12.0. The highest BCUT2D eigenvalue weighted by Gasteiger charge is 2.34. The van der Waals surface area contributed by atoms with Gasteiger partial charge in [0.25, 0.3) is 0 Å². The molecule has 2 aromatic carbocycles. The Morgan fingerprint density at radius 2 is 1.19 bits per heavy atom. The largest absolute Gasteiger partial charge is 0.481 e. The smallest absolute Gasteiger partial charge is 0.309 e. The van der Waals surface area contributed by atoms with Crippen molar-refractivity contribution in [1.29, 1.82) is 0 Å². The number of hydrogen-bond acceptors (Lipinski definition) is 4. The Morgan fingerprint density at radius 3 is 1.59 bits per heavy atom. The lowest BCUT2D eigenvalue weighted by Crippen LogP contribution is -2.30. The van der Waals surface area contributed by atoms with Gasteiger partial charge in [-0.2, -0.15) is 0 Å². The maximum absolute atomic E-state index is 12.0. The number of ketones is 2. The van der Waals surface area contributed by atoms with E-state index in [4.69, 9.17) is 5.11 Å². The van der Waals surface area contributed by atoms with Crippen LogP contribution in [0, 0.1) is 17.8 Å². The van der Waals surface area contributed by atoms with Crippen molar-refractivity contribution in [2.24, 2.45) is 10.8 Å². The molecule has 0 saturated carbocycles. The molecule has 1 atom stereocenters. The van der Waals surface area contributed by atoms with Gasteiger partial charge in [0.1, 0.15) is 11.6 Å². The normalized spacial score (nSPS) is 12.3. The molecule has 0 aliphatic heterocycles. The molecule has 7 heteroatoms. The van der Waals surface area contributed by atoms with Crippen molar-refractivity contribution in [2.45, 2.75) is 80.6 Å². The minimum absolute atomic E-state index is 0. The predicted octanol–water partition coefficient (Wildman–Crippen LogP) is 7.09. The Bertz CT molecular complexity index is 1040. The molecule has 0 amide bonds. The van der Waals surface area contributed by atoms with Gasteiger partial charge in [-0.25, -0.2) is 0 Å². The Morgan fingerprint density at radius 1 is 0.757 bits per heavy atom. The van der Waals surface area contributed by atoms with Crippen molar-refractivity contribution >= 4 is 39.4 Å². The van der Waals surface area contributed by atoms with Crippen LogP contribution in [0.4, 0.5) is 0 Å². The molecule has 2 rings (SSSR count). The monoisotopic (exact) mass is 576 g/mol. The predicted molar refractivity (Wildman–Crippen MR) is 151 cm³/mol. The number of aryl methyl sites for hydroxylation is 1. The summed E-state index contributed by atoms with van der Waals surface area (Å²) in [6, 6.07) is 15.2. The minimum atomic E-state index is -0.984. The van der Waals surface area contributed by atoms with E-state index in [0.717, 1.165) is 27.6 Å². The van der Waals surface area contributed by atoms with Crippen LogP contribution in [0.3, 0.4) is 0 Å². The molecule has 1 unspecified atom stereocenters. The van der Waals surface area contributed by atoms with E-state index in [1.54, 1.807) is 20.8 Å². The van der Waals surface area contributed by atoms with Gasteiger partial charge in [0.2, 0.25) is 0 Å². The highest BCUT2D eigenvalue weighted by atomic mass is 79.9. The van der Waals surface area contributed by atoms with E-state index in [1.807, 2.05) is 62.4 Å². The average Bonchev–Trinajstić information content (AvgIpc) is 2.77. The fourth-order valence-corrected chi connectivity index (χ4v) is 3.98. The number of carbonyl (C=O) groups is 4. The fraction of sp³-hybridized carbons (Fsp3) is 0.467. The molecule has 2 aromatic rings. The van der Waals surface area contributed by atoms with E-state index in [9.17, 15) is 24.3 Å². The van der Waals surface area contributed by atoms with Gasteiger partial charge in [-0.3, -0.25) is 19.2 Å². The van der Waals surface area contributed by atoms with Crippen LogP contribution in [-0.4, -0.2) is 33.7 Å². The first-order chi connectivity index (χ1) is 16.7. The zero-order chi connectivity index (χ0) is 27.5. The van der Waals surface area contributed by atoms with Crippen molar-refractivity contribution in [1.82, 2.24) is 0 Å². The Labute approximate surface area is 229 Å². The van der Waals surface area contributed by atoms with Gasteiger partial charge < -0.3 is 10.2 Å². The number of hydrogen-bond donors (Lipinski definition) is 2. The molecule has 0 aliphatic rings. The third-order valence-corrected chi connectivity index (χ3v) is 6.49. The van der Waals surface area contributed by atoms with Crippen LogP contribution < -0.4 is 0 Å². The summed E-state index contributed by atoms with van der Waals surface area (Å²) >= 11 is 3.34. The van der Waals surface area contributed by atoms with E-state index >= 15 is 0 Å². The van der Waals surface area contributed by atoms with Crippen LogP contribution in [0.5, 0.6) is 0 Å². The summed E-state index contributed by atoms with van der Waals surface area (Å²) in [6.45, 7) is 8.71. The molecule has 0 saturated heterocycles. The lowest BCUT2D eigenvalue weighted by atomic mass is 9.80. The first-order valence-corrected chi connectivity index (χ1v) is 12.8. The number of benzene rings is 2. The minimum Gasteiger partial charge on any atom is -0.481 e. The summed E-state index contributed by atoms with van der Waals surface area (Å²) in [5.74, 6) is -1.89. The van der Waals surface area contributed by atoms with Crippen molar-refractivity contribution in [3.8, 4) is 0 Å². The summed E-state index contributed by atoms with van der Waals surface area (Å²) < 4.78 is 0.963. The molecule has 2 N–H and O–H groups in total. The van der Waals surface area contributed by atoms with Gasteiger partial charge in [-0.1, -0.05) is 78.7 Å². The van der Waals surface area contributed by atoms with Gasteiger partial charge in [-0.05, 0) is 57.4 Å². The Balaban J connectivity index is 0.000000686. The summed E-state index contributed by atoms with van der Waals surface area (Å²) in [7, 11) is 0. The van der Waals surface area contributed by atoms with Crippen molar-refractivity contribution in [3.05, 3.63) is 69.7 Å². The zero-order valence-corrected chi connectivity index (χ0v) is 23.4. The maximum atomic E-state index is 12.0. The first kappa shape index (κ1) is 34.2. The molecule has 37 heavy (non-hydrogen) atoms. The Hall–Kier alpha value is -2.80. The molecular weight excluding hydrogens is 536 g/mol. The van der Waals surface area contributed by atoms with Crippen molar-refractivity contribution < 1.29 is 29.4 Å². The third-order valence-electron chi connectivity index (χ3n) is 5.96. The van der Waals surface area contributed by atoms with Crippen molar-refractivity contribution in [3.63, 3.8) is 0 Å². The highest BCUT2D eigenvalue weighted by Crippen LogP contribution is 2.29. The zero-order valence-electron chi connectivity index (χ0n) is 21.8. The highest BCUT2D eigenvalue weighted by molar-refractivity contribution is 9.10. The van der Waals surface area contributed by atoms with E-state index in [1.165, 1.54) is 0 Å². The molecular formula is C30H41BrO6. The second-order valence-electron chi connectivity index (χ2n) is 10.2. The summed E-state index contributed by atoms with van der Waals surface area (Å²) in [6.07, 6.45) is 2.03. The van der Waals surface area contributed by atoms with Crippen LogP contribution in [0.25, 0.3) is 0 Å². The molecule has 0 radical (unpaired) electrons. The van der Waals surface area contributed by atoms with Gasteiger partial charge in [0.15, 0.2) is 0 Å². The topological polar surface area (TPSA) is 109 Å². The second kappa shape index (κ2) is 15.5. The van der Waals surface area contributed by atoms with Crippen molar-refractivity contribution in [2.75, 3.05) is 0 Å². The van der Waals surface area contributed by atoms with E-state index in [2.05, 4.69) is 15.9 Å². The van der Waals surface area contributed by atoms with E-state index in [-0.39, 0.29) is 31.8 Å². The summed E-state index contributed by atoms with van der Waals surface area (Å²) in [4.78, 5) is 46.0. The molecule has 204 valence electrons. The fourth-order valence-electron chi connectivity index (χ4n) is 3.71. The number of carbonyl (C=O) groups excluding carboxylic acids is 2. The molecule has 0 aliphatic carbocycles. The summed E-state index contributed by atoms with van der Waals surface area (Å²) in [5, 5.41) is 18.2. The quantitative estimate of drug-likeness (QED) is 0.279. The molecule has 0 heterocycles. The molecule has 0 spiro atoms. The van der Waals surface area contributed by atoms with Crippen LogP contribution >= 0.6 is 15.9 Å². The standard InChI is InChI=1S/C15H19BrO3.C14H18O3.CH4/c1-3-8-15(2,14(18)19)10-13(17)9-11-4-6-12(16)7-5-11;1-10-4-6-11(7-5-10)8-12(15)9-14(2,3)13(16)17;/h4-7H,3,8-10H2,1-2H3,(H,18,19);4-7H,8-9H2,1-3H3,(H,16,17);1H4.